The first kappa shape index (κ1) is 23.6. The zero-order chi connectivity index (χ0) is 22.9. The lowest BCUT2D eigenvalue weighted by atomic mass is 10.1. The molecule has 0 spiro atoms. The Balaban J connectivity index is 1.76. The summed E-state index contributed by atoms with van der Waals surface area (Å²) in [5, 5.41) is 3.16. The summed E-state index contributed by atoms with van der Waals surface area (Å²) < 4.78 is 11.1. The zero-order valence-corrected chi connectivity index (χ0v) is 19.3. The van der Waals surface area contributed by atoms with Crippen LogP contribution in [0.15, 0.2) is 48.5 Å². The quantitative estimate of drug-likeness (QED) is 0.602. The first-order chi connectivity index (χ1) is 15.5. The van der Waals surface area contributed by atoms with Gasteiger partial charge in [0, 0.05) is 12.6 Å². The van der Waals surface area contributed by atoms with Gasteiger partial charge in [-0.05, 0) is 43.9 Å². The third-order valence-corrected chi connectivity index (χ3v) is 5.98. The Bertz CT molecular complexity index is 891. The molecule has 1 fully saturated rings. The van der Waals surface area contributed by atoms with Crippen molar-refractivity contribution in [3.63, 3.8) is 0 Å². The number of para-hydroxylation sites is 2. The number of benzene rings is 2. The van der Waals surface area contributed by atoms with Gasteiger partial charge in [-0.15, -0.1) is 0 Å². The Morgan fingerprint density at radius 3 is 2.34 bits per heavy atom. The molecule has 2 amide bonds. The van der Waals surface area contributed by atoms with Gasteiger partial charge in [0.15, 0.2) is 18.1 Å². The second-order valence-corrected chi connectivity index (χ2v) is 8.36. The molecule has 6 heteroatoms. The van der Waals surface area contributed by atoms with Crippen molar-refractivity contribution in [2.75, 3.05) is 13.7 Å². The highest BCUT2D eigenvalue weighted by Crippen LogP contribution is 2.26. The van der Waals surface area contributed by atoms with E-state index in [1.165, 1.54) is 0 Å². The number of nitrogens with one attached hydrogen (secondary N) is 1. The average molecular weight is 439 g/mol. The van der Waals surface area contributed by atoms with Crippen molar-refractivity contribution in [2.45, 2.75) is 64.6 Å². The third kappa shape index (κ3) is 6.25. The lowest BCUT2D eigenvalue weighted by Gasteiger charge is -2.31. The van der Waals surface area contributed by atoms with E-state index in [1.54, 1.807) is 24.1 Å². The molecule has 6 nitrogen and oxygen atoms in total. The van der Waals surface area contributed by atoms with E-state index in [0.717, 1.165) is 36.8 Å². The molecule has 0 aliphatic heterocycles. The van der Waals surface area contributed by atoms with E-state index >= 15 is 0 Å². The van der Waals surface area contributed by atoms with Crippen LogP contribution in [0, 0.1) is 6.92 Å². The molecule has 1 aliphatic rings. The summed E-state index contributed by atoms with van der Waals surface area (Å²) in [6, 6.07) is 14.9. The van der Waals surface area contributed by atoms with Gasteiger partial charge in [-0.1, -0.05) is 61.7 Å². The zero-order valence-electron chi connectivity index (χ0n) is 19.3. The fraction of sp³-hybridized carbons (Fsp3) is 0.462. The maximum absolute atomic E-state index is 13.3. The Morgan fingerprint density at radius 1 is 1.06 bits per heavy atom. The summed E-state index contributed by atoms with van der Waals surface area (Å²) in [6.45, 7) is 4.15. The molecule has 3 rings (SSSR count). The van der Waals surface area contributed by atoms with Gasteiger partial charge in [0.25, 0.3) is 5.91 Å². The number of ether oxygens (including phenoxy) is 2. The topological polar surface area (TPSA) is 67.9 Å². The summed E-state index contributed by atoms with van der Waals surface area (Å²) in [5.41, 5.74) is 2.13. The fourth-order valence-electron chi connectivity index (χ4n) is 4.14. The molecule has 1 aliphatic carbocycles. The molecule has 2 aromatic rings. The van der Waals surface area contributed by atoms with Crippen LogP contribution in [0.1, 0.15) is 50.2 Å². The molecule has 0 aromatic heterocycles. The van der Waals surface area contributed by atoms with Gasteiger partial charge in [-0.3, -0.25) is 9.59 Å². The molecule has 0 heterocycles. The normalized spacial score (nSPS) is 14.6. The second-order valence-electron chi connectivity index (χ2n) is 8.36. The van der Waals surface area contributed by atoms with Crippen LogP contribution in [-0.2, 0) is 16.1 Å². The number of aryl methyl sites for hydroxylation is 1. The van der Waals surface area contributed by atoms with Crippen molar-refractivity contribution in [2.24, 2.45) is 0 Å². The molecule has 1 atom stereocenters. The molecule has 1 saturated carbocycles. The van der Waals surface area contributed by atoms with Crippen molar-refractivity contribution in [3.8, 4) is 11.5 Å². The first-order valence-electron chi connectivity index (χ1n) is 11.4. The molecule has 1 N–H and O–H groups in total. The summed E-state index contributed by atoms with van der Waals surface area (Å²) >= 11 is 0. The molecular formula is C26H34N2O4. The van der Waals surface area contributed by atoms with Crippen molar-refractivity contribution in [3.05, 3.63) is 59.7 Å². The van der Waals surface area contributed by atoms with Crippen LogP contribution in [0.4, 0.5) is 0 Å². The molecular weight excluding hydrogens is 404 g/mol. The van der Waals surface area contributed by atoms with Crippen LogP contribution in [-0.4, -0.2) is 42.5 Å². The van der Waals surface area contributed by atoms with Crippen LogP contribution in [0.3, 0.4) is 0 Å². The summed E-state index contributed by atoms with van der Waals surface area (Å²) in [4.78, 5) is 28.1. The minimum absolute atomic E-state index is 0.0860. The number of carbonyl (C=O) groups is 2. The predicted molar refractivity (Wildman–Crippen MR) is 125 cm³/mol. The highest BCUT2D eigenvalue weighted by atomic mass is 16.5. The minimum Gasteiger partial charge on any atom is -0.493 e. The van der Waals surface area contributed by atoms with Gasteiger partial charge >= 0.3 is 0 Å². The lowest BCUT2D eigenvalue weighted by molar-refractivity contribution is -0.143. The highest BCUT2D eigenvalue weighted by Gasteiger charge is 2.31. The highest BCUT2D eigenvalue weighted by molar-refractivity contribution is 5.88. The summed E-state index contributed by atoms with van der Waals surface area (Å²) in [7, 11) is 1.56. The second kappa shape index (κ2) is 11.6. The van der Waals surface area contributed by atoms with E-state index in [9.17, 15) is 9.59 Å². The van der Waals surface area contributed by atoms with Crippen molar-refractivity contribution in [1.82, 2.24) is 10.2 Å². The van der Waals surface area contributed by atoms with Gasteiger partial charge in [0.05, 0.1) is 7.11 Å². The SMILES string of the molecule is CCC(C(=O)NC1CCCC1)N(Cc1ccc(C)cc1)C(=O)COc1ccccc1OC. The smallest absolute Gasteiger partial charge is 0.261 e. The van der Waals surface area contributed by atoms with Gasteiger partial charge < -0.3 is 19.7 Å². The van der Waals surface area contributed by atoms with E-state index < -0.39 is 6.04 Å². The number of rotatable bonds is 10. The third-order valence-electron chi connectivity index (χ3n) is 5.98. The number of carbonyl (C=O) groups excluding carboxylic acids is 2. The molecule has 2 aromatic carbocycles. The maximum atomic E-state index is 13.3. The van der Waals surface area contributed by atoms with Gasteiger partial charge in [-0.25, -0.2) is 0 Å². The Morgan fingerprint density at radius 2 is 1.72 bits per heavy atom. The molecule has 172 valence electrons. The molecule has 32 heavy (non-hydrogen) atoms. The Kier molecular flexibility index (Phi) is 8.54. The van der Waals surface area contributed by atoms with Gasteiger partial charge in [0.2, 0.25) is 5.91 Å². The molecule has 0 bridgehead atoms. The van der Waals surface area contributed by atoms with Gasteiger partial charge in [-0.2, -0.15) is 0 Å². The van der Waals surface area contributed by atoms with Crippen molar-refractivity contribution in [1.29, 1.82) is 0 Å². The maximum Gasteiger partial charge on any atom is 0.261 e. The molecule has 1 unspecified atom stereocenters. The summed E-state index contributed by atoms with van der Waals surface area (Å²) in [6.07, 6.45) is 4.82. The summed E-state index contributed by atoms with van der Waals surface area (Å²) in [5.74, 6) is 0.751. The number of hydrogen-bond donors (Lipinski definition) is 1. The predicted octanol–water partition coefficient (Wildman–Crippen LogP) is 4.25. The van der Waals surface area contributed by atoms with E-state index in [4.69, 9.17) is 9.47 Å². The van der Waals surface area contributed by atoms with Crippen LogP contribution < -0.4 is 14.8 Å². The first-order valence-corrected chi connectivity index (χ1v) is 11.4. The van der Waals surface area contributed by atoms with E-state index in [1.807, 2.05) is 50.2 Å². The van der Waals surface area contributed by atoms with Crippen molar-refractivity contribution >= 4 is 11.8 Å². The number of nitrogens with zero attached hydrogens (tertiary/aromatic N) is 1. The van der Waals surface area contributed by atoms with Crippen LogP contribution in [0.5, 0.6) is 11.5 Å². The van der Waals surface area contributed by atoms with Gasteiger partial charge in [0.1, 0.15) is 6.04 Å². The molecule has 0 saturated heterocycles. The average Bonchev–Trinajstić information content (AvgIpc) is 3.31. The monoisotopic (exact) mass is 438 g/mol. The number of methoxy groups -OCH3 is 1. The van der Waals surface area contributed by atoms with E-state index in [2.05, 4.69) is 5.32 Å². The van der Waals surface area contributed by atoms with Crippen LogP contribution >= 0.6 is 0 Å². The molecule has 0 radical (unpaired) electrons. The standard InChI is InChI=1S/C26H34N2O4/c1-4-22(26(30)27-21-9-5-6-10-21)28(17-20-15-13-19(2)14-16-20)25(29)18-32-24-12-8-7-11-23(24)31-3/h7-8,11-16,21-22H,4-6,9-10,17-18H2,1-3H3,(H,27,30). The number of hydrogen-bond acceptors (Lipinski definition) is 4. The van der Waals surface area contributed by atoms with Crippen LogP contribution in [0.25, 0.3) is 0 Å². The van der Waals surface area contributed by atoms with E-state index in [0.29, 0.717) is 24.5 Å². The number of amides is 2. The lowest BCUT2D eigenvalue weighted by Crippen LogP contribution is -2.52. The fourth-order valence-corrected chi connectivity index (χ4v) is 4.14. The van der Waals surface area contributed by atoms with E-state index in [-0.39, 0.29) is 24.5 Å². The van der Waals surface area contributed by atoms with Crippen LogP contribution in [0.2, 0.25) is 0 Å². The van der Waals surface area contributed by atoms with Crippen molar-refractivity contribution < 1.29 is 19.1 Å². The largest absolute Gasteiger partial charge is 0.493 e. The minimum atomic E-state index is -0.550. The Hall–Kier alpha value is -3.02. The Labute approximate surface area is 190 Å².